The van der Waals surface area contributed by atoms with Crippen molar-refractivity contribution in [3.8, 4) is 0 Å². The van der Waals surface area contributed by atoms with Crippen LogP contribution in [0.1, 0.15) is 17.3 Å². The predicted octanol–water partition coefficient (Wildman–Crippen LogP) is 3.13. The zero-order valence-corrected chi connectivity index (χ0v) is 12.1. The van der Waals surface area contributed by atoms with E-state index in [4.69, 9.17) is 17.3 Å². The predicted molar refractivity (Wildman–Crippen MR) is 84.6 cm³/mol. The first-order valence-corrected chi connectivity index (χ1v) is 6.57. The molecule has 0 atom stereocenters. The quantitative estimate of drug-likeness (QED) is 0.762. The van der Waals surface area contributed by atoms with Crippen LogP contribution in [0, 0.1) is 0 Å². The summed E-state index contributed by atoms with van der Waals surface area (Å²) in [5, 5.41) is 5.67. The summed E-state index contributed by atoms with van der Waals surface area (Å²) in [5.41, 5.74) is 7.54. The van der Waals surface area contributed by atoms with Crippen molar-refractivity contribution < 1.29 is 9.59 Å². The van der Waals surface area contributed by atoms with Gasteiger partial charge in [-0.15, -0.1) is 0 Å². The number of anilines is 3. The highest BCUT2D eigenvalue weighted by Crippen LogP contribution is 2.21. The Morgan fingerprint density at radius 1 is 1.05 bits per heavy atom. The second-order valence-electron chi connectivity index (χ2n) is 4.46. The number of nitrogens with two attached hydrogens (primary N) is 1. The number of amides is 2. The van der Waals surface area contributed by atoms with Crippen LogP contribution in [-0.4, -0.2) is 11.8 Å². The van der Waals surface area contributed by atoms with E-state index < -0.39 is 0 Å². The van der Waals surface area contributed by atoms with Crippen LogP contribution < -0.4 is 16.4 Å². The van der Waals surface area contributed by atoms with Crippen molar-refractivity contribution in [1.82, 2.24) is 0 Å². The number of nitrogens with one attached hydrogen (secondary N) is 2. The first kappa shape index (κ1) is 14.9. The fourth-order valence-corrected chi connectivity index (χ4v) is 2.00. The van der Waals surface area contributed by atoms with E-state index >= 15 is 0 Å². The summed E-state index contributed by atoms with van der Waals surface area (Å²) in [6.45, 7) is 1.41. The average molecular weight is 304 g/mol. The van der Waals surface area contributed by atoms with Gasteiger partial charge in [-0.05, 0) is 36.4 Å². The molecule has 2 aromatic rings. The topological polar surface area (TPSA) is 84.2 Å². The lowest BCUT2D eigenvalue weighted by Crippen LogP contribution is -2.13. The van der Waals surface area contributed by atoms with Crippen LogP contribution in [0.3, 0.4) is 0 Å². The smallest absolute Gasteiger partial charge is 0.257 e. The standard InChI is InChI=1S/C15H14ClN3O2/c1-9(20)18-11-3-2-4-12(8-11)19-15(21)13-7-10(17)5-6-14(13)16/h2-8H,17H2,1H3,(H,18,20)(H,19,21). The molecule has 0 aliphatic heterocycles. The molecule has 2 aromatic carbocycles. The highest BCUT2D eigenvalue weighted by Gasteiger charge is 2.11. The highest BCUT2D eigenvalue weighted by molar-refractivity contribution is 6.34. The van der Waals surface area contributed by atoms with E-state index in [0.717, 1.165) is 0 Å². The molecule has 21 heavy (non-hydrogen) atoms. The Morgan fingerprint density at radius 3 is 2.38 bits per heavy atom. The molecule has 4 N–H and O–H groups in total. The minimum absolute atomic E-state index is 0.183. The van der Waals surface area contributed by atoms with Gasteiger partial charge < -0.3 is 16.4 Å². The van der Waals surface area contributed by atoms with Crippen LogP contribution in [0.4, 0.5) is 17.1 Å². The Kier molecular flexibility index (Phi) is 4.45. The van der Waals surface area contributed by atoms with E-state index in [0.29, 0.717) is 27.6 Å². The molecule has 0 heterocycles. The molecule has 0 unspecified atom stereocenters. The molecule has 5 nitrogen and oxygen atoms in total. The van der Waals surface area contributed by atoms with E-state index in [2.05, 4.69) is 10.6 Å². The van der Waals surface area contributed by atoms with Gasteiger partial charge in [0, 0.05) is 24.0 Å². The van der Waals surface area contributed by atoms with Gasteiger partial charge in [-0.1, -0.05) is 17.7 Å². The van der Waals surface area contributed by atoms with Crippen LogP contribution in [-0.2, 0) is 4.79 Å². The van der Waals surface area contributed by atoms with Crippen molar-refractivity contribution in [3.05, 3.63) is 53.1 Å². The minimum Gasteiger partial charge on any atom is -0.399 e. The molecule has 0 bridgehead atoms. The first-order chi connectivity index (χ1) is 9.95. The summed E-state index contributed by atoms with van der Waals surface area (Å²) in [6, 6.07) is 11.5. The normalized spacial score (nSPS) is 10.0. The van der Waals surface area contributed by atoms with Crippen LogP contribution in [0.25, 0.3) is 0 Å². The Labute approximate surface area is 127 Å². The lowest BCUT2D eigenvalue weighted by Gasteiger charge is -2.09. The fourth-order valence-electron chi connectivity index (χ4n) is 1.79. The summed E-state index contributed by atoms with van der Waals surface area (Å²) < 4.78 is 0. The third-order valence-electron chi connectivity index (χ3n) is 2.68. The van der Waals surface area contributed by atoms with Crippen molar-refractivity contribution in [2.75, 3.05) is 16.4 Å². The molecule has 2 amide bonds. The minimum atomic E-state index is -0.368. The van der Waals surface area contributed by atoms with Crippen molar-refractivity contribution >= 4 is 40.5 Å². The summed E-state index contributed by atoms with van der Waals surface area (Å²) >= 11 is 5.98. The van der Waals surface area contributed by atoms with E-state index in [-0.39, 0.29) is 11.8 Å². The van der Waals surface area contributed by atoms with E-state index in [1.807, 2.05) is 0 Å². The van der Waals surface area contributed by atoms with Gasteiger partial charge in [-0.25, -0.2) is 0 Å². The zero-order chi connectivity index (χ0) is 15.4. The number of hydrogen-bond donors (Lipinski definition) is 3. The van der Waals surface area contributed by atoms with E-state index in [1.165, 1.54) is 13.0 Å². The number of halogens is 1. The van der Waals surface area contributed by atoms with Gasteiger partial charge in [0.15, 0.2) is 0 Å². The Morgan fingerprint density at radius 2 is 1.71 bits per heavy atom. The molecule has 0 aliphatic carbocycles. The van der Waals surface area contributed by atoms with Gasteiger partial charge in [-0.3, -0.25) is 9.59 Å². The van der Waals surface area contributed by atoms with Crippen LogP contribution in [0.5, 0.6) is 0 Å². The summed E-state index contributed by atoms with van der Waals surface area (Å²) in [4.78, 5) is 23.2. The molecule has 0 aromatic heterocycles. The summed E-state index contributed by atoms with van der Waals surface area (Å²) in [5.74, 6) is -0.551. The Balaban J connectivity index is 2.19. The number of benzene rings is 2. The molecule has 0 radical (unpaired) electrons. The zero-order valence-electron chi connectivity index (χ0n) is 11.3. The fraction of sp³-hybridized carbons (Fsp3) is 0.0667. The maximum atomic E-state index is 12.2. The molecule has 0 spiro atoms. The number of nitrogen functional groups attached to an aromatic ring is 1. The number of carbonyl (C=O) groups excluding carboxylic acids is 2. The molecule has 0 aliphatic rings. The van der Waals surface area contributed by atoms with Crippen molar-refractivity contribution in [2.45, 2.75) is 6.92 Å². The third kappa shape index (κ3) is 3.97. The number of hydrogen-bond acceptors (Lipinski definition) is 3. The van der Waals surface area contributed by atoms with Crippen molar-refractivity contribution in [3.63, 3.8) is 0 Å². The van der Waals surface area contributed by atoms with Crippen molar-refractivity contribution in [2.24, 2.45) is 0 Å². The lowest BCUT2D eigenvalue weighted by molar-refractivity contribution is -0.114. The molecule has 2 rings (SSSR count). The highest BCUT2D eigenvalue weighted by atomic mass is 35.5. The molecular formula is C15H14ClN3O2. The van der Waals surface area contributed by atoms with Gasteiger partial charge in [0.2, 0.25) is 5.91 Å². The lowest BCUT2D eigenvalue weighted by atomic mass is 10.2. The third-order valence-corrected chi connectivity index (χ3v) is 3.01. The van der Waals surface area contributed by atoms with E-state index in [9.17, 15) is 9.59 Å². The van der Waals surface area contributed by atoms with Crippen LogP contribution in [0.2, 0.25) is 5.02 Å². The number of rotatable bonds is 3. The van der Waals surface area contributed by atoms with Crippen molar-refractivity contribution in [1.29, 1.82) is 0 Å². The maximum Gasteiger partial charge on any atom is 0.257 e. The van der Waals surface area contributed by atoms with E-state index in [1.54, 1.807) is 36.4 Å². The molecule has 6 heteroatoms. The number of carbonyl (C=O) groups is 2. The largest absolute Gasteiger partial charge is 0.399 e. The second-order valence-corrected chi connectivity index (χ2v) is 4.86. The maximum absolute atomic E-state index is 12.2. The summed E-state index contributed by atoms with van der Waals surface area (Å²) in [6.07, 6.45) is 0. The van der Waals surface area contributed by atoms with Gasteiger partial charge in [0.1, 0.15) is 0 Å². The molecule has 108 valence electrons. The monoisotopic (exact) mass is 303 g/mol. The second kappa shape index (κ2) is 6.28. The average Bonchev–Trinajstić information content (AvgIpc) is 2.41. The molecule has 0 saturated carbocycles. The molecule has 0 fully saturated rings. The SMILES string of the molecule is CC(=O)Nc1cccc(NC(=O)c2cc(N)ccc2Cl)c1. The molecular weight excluding hydrogens is 290 g/mol. The van der Waals surface area contributed by atoms with Gasteiger partial charge in [0.25, 0.3) is 5.91 Å². The molecule has 0 saturated heterocycles. The van der Waals surface area contributed by atoms with Gasteiger partial charge >= 0.3 is 0 Å². The summed E-state index contributed by atoms with van der Waals surface area (Å²) in [7, 11) is 0. The Hall–Kier alpha value is -2.53. The first-order valence-electron chi connectivity index (χ1n) is 6.20. The van der Waals surface area contributed by atoms with Gasteiger partial charge in [0.05, 0.1) is 10.6 Å². The Bertz CT molecular complexity index is 701. The van der Waals surface area contributed by atoms with Gasteiger partial charge in [-0.2, -0.15) is 0 Å². The van der Waals surface area contributed by atoms with Crippen LogP contribution >= 0.6 is 11.6 Å². The van der Waals surface area contributed by atoms with Crippen LogP contribution in [0.15, 0.2) is 42.5 Å².